The Labute approximate surface area is 395 Å². The number of carbonyl (C=O) groups is 2. The van der Waals surface area contributed by atoms with Gasteiger partial charge in [-0.3, -0.25) is 19.4 Å². The third-order valence-electron chi connectivity index (χ3n) is 11.6. The monoisotopic (exact) mass is 912 g/mol. The molecular weight excluding hydrogens is 857 g/mol. The third-order valence-corrected chi connectivity index (χ3v) is 11.6. The Kier molecular flexibility index (Phi) is 16.7. The van der Waals surface area contributed by atoms with Gasteiger partial charge in [0.25, 0.3) is 0 Å². The van der Waals surface area contributed by atoms with Crippen LogP contribution in [-0.4, -0.2) is 67.4 Å². The summed E-state index contributed by atoms with van der Waals surface area (Å²) in [7, 11) is 0. The smallest absolute Gasteiger partial charge is 0.343 e. The fourth-order valence-electron chi connectivity index (χ4n) is 8.11. The van der Waals surface area contributed by atoms with Crippen molar-refractivity contribution in [2.45, 2.75) is 53.1 Å². The van der Waals surface area contributed by atoms with Gasteiger partial charge in [0.1, 0.15) is 35.8 Å². The normalized spacial score (nSPS) is 11.1. The van der Waals surface area contributed by atoms with Crippen LogP contribution in [0.5, 0.6) is 11.5 Å². The first-order chi connectivity index (χ1) is 33.1. The molecule has 0 aliphatic heterocycles. The molecule has 0 spiro atoms. The zero-order chi connectivity index (χ0) is 47.8. The topological polar surface area (TPSA) is 144 Å². The lowest BCUT2D eigenvalue weighted by Gasteiger charge is -2.23. The molecule has 0 radical (unpaired) electrons. The number of nitrogens with zero attached hydrogens (tertiary/aromatic N) is 4. The van der Waals surface area contributed by atoms with E-state index in [9.17, 15) is 24.3 Å². The summed E-state index contributed by atoms with van der Waals surface area (Å²) in [6.45, 7) is 9.80. The second-order valence-corrected chi connectivity index (χ2v) is 16.3. The van der Waals surface area contributed by atoms with Crippen molar-refractivity contribution in [3.05, 3.63) is 224 Å². The van der Waals surface area contributed by atoms with Crippen LogP contribution in [0.1, 0.15) is 56.8 Å². The molecule has 0 saturated carbocycles. The van der Waals surface area contributed by atoms with Crippen LogP contribution in [0.2, 0.25) is 0 Å². The number of carbonyl (C=O) groups excluding carboxylic acids is 1. The van der Waals surface area contributed by atoms with Gasteiger partial charge < -0.3 is 28.8 Å². The number of fused-ring (bicyclic) bond motifs is 2. The second kappa shape index (κ2) is 23.6. The number of ether oxygens (including phenoxy) is 2. The second-order valence-electron chi connectivity index (χ2n) is 16.3. The van der Waals surface area contributed by atoms with E-state index in [2.05, 4.69) is 82.6 Å². The number of aryl methyl sites for hydroxylation is 2. The maximum atomic E-state index is 13.8. The Bertz CT molecular complexity index is 2970. The number of esters is 1. The van der Waals surface area contributed by atoms with E-state index < -0.39 is 17.4 Å². The van der Waals surface area contributed by atoms with E-state index in [0.717, 1.165) is 18.6 Å². The van der Waals surface area contributed by atoms with Gasteiger partial charge in [0.05, 0.1) is 21.8 Å². The van der Waals surface area contributed by atoms with Crippen molar-refractivity contribution in [3.63, 3.8) is 0 Å². The predicted octanol–water partition coefficient (Wildman–Crippen LogP) is 9.39. The molecule has 6 aromatic carbocycles. The molecule has 0 bridgehead atoms. The van der Waals surface area contributed by atoms with Gasteiger partial charge in [-0.05, 0) is 72.5 Å². The molecule has 348 valence electrons. The maximum Gasteiger partial charge on any atom is 0.343 e. The number of hydrogen-bond acceptors (Lipinski definition) is 9. The van der Waals surface area contributed by atoms with Gasteiger partial charge in [0, 0.05) is 64.8 Å². The number of carboxylic acids is 1. The highest BCUT2D eigenvalue weighted by molar-refractivity contribution is 5.94. The Morgan fingerprint density at radius 3 is 1.40 bits per heavy atom. The first-order valence-corrected chi connectivity index (χ1v) is 22.8. The fourth-order valence-corrected chi connectivity index (χ4v) is 8.11. The molecule has 0 unspecified atom stereocenters. The molecule has 2 heterocycles. The summed E-state index contributed by atoms with van der Waals surface area (Å²) in [5, 5.41) is 18.9. The lowest BCUT2D eigenvalue weighted by Crippen LogP contribution is -2.29. The van der Waals surface area contributed by atoms with E-state index in [1.54, 1.807) is 22.9 Å². The molecule has 68 heavy (non-hydrogen) atoms. The van der Waals surface area contributed by atoms with E-state index in [4.69, 9.17) is 14.6 Å². The lowest BCUT2D eigenvalue weighted by atomic mass is 10.1. The highest BCUT2D eigenvalue weighted by atomic mass is 16.5. The maximum absolute atomic E-state index is 13.8. The molecule has 0 fully saturated rings. The summed E-state index contributed by atoms with van der Waals surface area (Å²) < 4.78 is 15.6. The van der Waals surface area contributed by atoms with Crippen molar-refractivity contribution >= 4 is 33.7 Å². The number of hydrogen-bond donors (Lipinski definition) is 2. The zero-order valence-corrected chi connectivity index (χ0v) is 38.4. The molecule has 0 amide bonds. The highest BCUT2D eigenvalue weighted by Crippen LogP contribution is 2.22. The molecule has 8 rings (SSSR count). The average Bonchev–Trinajstić information content (AvgIpc) is 3.35. The molecule has 2 aromatic heterocycles. The summed E-state index contributed by atoms with van der Waals surface area (Å²) >= 11 is 0. The van der Waals surface area contributed by atoms with Crippen molar-refractivity contribution in [1.82, 2.24) is 18.9 Å². The largest absolute Gasteiger partial charge is 0.508 e. The number of carboxylic acid groups (broad SMARTS) is 1. The van der Waals surface area contributed by atoms with Crippen LogP contribution < -0.4 is 15.6 Å². The minimum absolute atomic E-state index is 0.0241. The number of phenolic OH excluding ortho intramolecular Hbond substituents is 1. The van der Waals surface area contributed by atoms with Gasteiger partial charge in [0.2, 0.25) is 10.9 Å². The number of aromatic nitrogens is 2. The summed E-state index contributed by atoms with van der Waals surface area (Å²) in [4.78, 5) is 54.6. The number of benzene rings is 6. The molecule has 0 aliphatic rings. The lowest BCUT2D eigenvalue weighted by molar-refractivity contribution is 0.0451. The van der Waals surface area contributed by atoms with Gasteiger partial charge >= 0.3 is 11.9 Å². The van der Waals surface area contributed by atoms with Crippen LogP contribution in [0.25, 0.3) is 21.8 Å². The molecule has 0 saturated heterocycles. The summed E-state index contributed by atoms with van der Waals surface area (Å²) in [5.41, 5.74) is 4.99. The quantitative estimate of drug-likeness (QED) is 0.0754. The molecule has 2 N–H and O–H groups in total. The SMILES string of the molecule is CCn1cc(C(=O)O)c(=O)c2cc(O)ccc21.CCn1cc(C(=O)OCCN(Cc2ccccc2)Cc2ccccc2)c(=O)c2cc(OCCN(Cc3ccccc3)Cc3ccccc3)ccc21. The molecule has 12 nitrogen and oxygen atoms in total. The average molecular weight is 913 g/mol. The van der Waals surface area contributed by atoms with E-state index in [0.29, 0.717) is 62.5 Å². The van der Waals surface area contributed by atoms with Crippen molar-refractivity contribution in [2.24, 2.45) is 0 Å². The first-order valence-electron chi connectivity index (χ1n) is 22.8. The van der Waals surface area contributed by atoms with Crippen LogP contribution >= 0.6 is 0 Å². The first kappa shape index (κ1) is 48.1. The van der Waals surface area contributed by atoms with Gasteiger partial charge in [0.15, 0.2) is 0 Å². The van der Waals surface area contributed by atoms with Gasteiger partial charge in [-0.2, -0.15) is 0 Å². The Balaban J connectivity index is 0.000000337. The van der Waals surface area contributed by atoms with Crippen molar-refractivity contribution < 1.29 is 29.3 Å². The van der Waals surface area contributed by atoms with E-state index >= 15 is 0 Å². The van der Waals surface area contributed by atoms with Crippen LogP contribution in [0.4, 0.5) is 0 Å². The molecule has 0 atom stereocenters. The van der Waals surface area contributed by atoms with E-state index in [1.165, 1.54) is 40.6 Å². The van der Waals surface area contributed by atoms with Gasteiger partial charge in [-0.1, -0.05) is 121 Å². The predicted molar refractivity (Wildman–Crippen MR) is 266 cm³/mol. The van der Waals surface area contributed by atoms with Crippen LogP contribution in [0, 0.1) is 0 Å². The van der Waals surface area contributed by atoms with E-state index in [-0.39, 0.29) is 34.3 Å². The highest BCUT2D eigenvalue weighted by Gasteiger charge is 2.19. The summed E-state index contributed by atoms with van der Waals surface area (Å²) in [5.74, 6) is -1.35. The Hall–Kier alpha value is -7.80. The van der Waals surface area contributed by atoms with Gasteiger partial charge in [-0.15, -0.1) is 0 Å². The van der Waals surface area contributed by atoms with Crippen molar-refractivity contribution in [3.8, 4) is 11.5 Å². The third kappa shape index (κ3) is 12.8. The standard InChI is InChI=1S/C44H45N3O4.C12H11NO4/c1-2-47-34-41(44(49)51-28-26-46(32-37-19-11-5-12-20-37)33-38-21-13-6-14-22-38)43(48)40-29-39(23-24-42(40)47)50-27-25-45(30-35-15-7-3-8-16-35)31-36-17-9-4-10-18-36;1-2-13-6-9(12(16)17)11(15)8-5-7(14)3-4-10(8)13/h3-24,29,34H,2,25-28,30-33H2,1H3;3-6,14H,2H2,1H3,(H,16,17). The minimum atomic E-state index is -1.26. The number of phenols is 1. The zero-order valence-electron chi connectivity index (χ0n) is 38.4. The minimum Gasteiger partial charge on any atom is -0.508 e. The van der Waals surface area contributed by atoms with Crippen molar-refractivity contribution in [1.29, 1.82) is 0 Å². The molecule has 8 aromatic rings. The van der Waals surface area contributed by atoms with Crippen LogP contribution in [-0.2, 0) is 44.0 Å². The molecule has 0 aliphatic carbocycles. The van der Waals surface area contributed by atoms with Crippen molar-refractivity contribution in [2.75, 3.05) is 26.3 Å². The Morgan fingerprint density at radius 2 is 0.941 bits per heavy atom. The Morgan fingerprint density at radius 1 is 0.529 bits per heavy atom. The van der Waals surface area contributed by atoms with Gasteiger partial charge in [-0.25, -0.2) is 9.59 Å². The number of rotatable bonds is 19. The molecular formula is C56H56N4O8. The number of pyridine rings is 2. The van der Waals surface area contributed by atoms with E-state index in [1.807, 2.05) is 79.1 Å². The summed E-state index contributed by atoms with van der Waals surface area (Å²) in [6, 6.07) is 51.2. The molecule has 12 heteroatoms. The fraction of sp³-hybridized carbons (Fsp3) is 0.214. The van der Waals surface area contributed by atoms with Crippen LogP contribution in [0.15, 0.2) is 180 Å². The number of aromatic carboxylic acids is 1. The summed E-state index contributed by atoms with van der Waals surface area (Å²) in [6.07, 6.45) is 2.94. The number of aromatic hydroxyl groups is 1. The van der Waals surface area contributed by atoms with Crippen LogP contribution in [0.3, 0.4) is 0 Å².